The number of carboxylic acid groups (broad SMARTS) is 1. The molecular formula is C15H17F3N2O3. The Labute approximate surface area is 131 Å². The fourth-order valence-electron chi connectivity index (χ4n) is 2.56. The van der Waals surface area contributed by atoms with Crippen LogP contribution in [0.25, 0.3) is 0 Å². The zero-order valence-corrected chi connectivity index (χ0v) is 12.5. The van der Waals surface area contributed by atoms with Crippen LogP contribution in [0.15, 0.2) is 24.3 Å². The van der Waals surface area contributed by atoms with E-state index in [1.807, 2.05) is 0 Å². The molecule has 1 aliphatic rings. The van der Waals surface area contributed by atoms with Crippen LogP contribution in [0, 0.1) is 0 Å². The molecule has 1 aromatic carbocycles. The number of nitrogens with zero attached hydrogens (tertiary/aromatic N) is 2. The van der Waals surface area contributed by atoms with Crippen LogP contribution in [-0.4, -0.2) is 59.0 Å². The van der Waals surface area contributed by atoms with Gasteiger partial charge in [0, 0.05) is 26.2 Å². The van der Waals surface area contributed by atoms with Crippen LogP contribution >= 0.6 is 0 Å². The van der Waals surface area contributed by atoms with Gasteiger partial charge in [0.05, 0.1) is 11.1 Å². The first-order valence-corrected chi connectivity index (χ1v) is 7.14. The molecular weight excluding hydrogens is 313 g/mol. The van der Waals surface area contributed by atoms with Gasteiger partial charge in [-0.05, 0) is 19.1 Å². The molecule has 0 aliphatic carbocycles. The third-order valence-electron chi connectivity index (χ3n) is 3.97. The van der Waals surface area contributed by atoms with E-state index in [4.69, 9.17) is 5.11 Å². The molecule has 1 saturated heterocycles. The normalized spacial score (nSPS) is 17.8. The minimum absolute atomic E-state index is 0.197. The van der Waals surface area contributed by atoms with Crippen molar-refractivity contribution in [1.29, 1.82) is 0 Å². The lowest BCUT2D eigenvalue weighted by Gasteiger charge is -2.36. The number of amides is 1. The van der Waals surface area contributed by atoms with Gasteiger partial charge in [-0.3, -0.25) is 14.5 Å². The molecule has 0 bridgehead atoms. The molecule has 1 atom stereocenters. The van der Waals surface area contributed by atoms with Crippen LogP contribution in [0.5, 0.6) is 0 Å². The molecule has 23 heavy (non-hydrogen) atoms. The Morgan fingerprint density at radius 1 is 1.13 bits per heavy atom. The highest BCUT2D eigenvalue weighted by atomic mass is 19.4. The molecule has 2 rings (SSSR count). The molecule has 0 radical (unpaired) electrons. The summed E-state index contributed by atoms with van der Waals surface area (Å²) in [5.41, 5.74) is -1.33. The maximum atomic E-state index is 13.0. The van der Waals surface area contributed by atoms with Crippen molar-refractivity contribution in [3.63, 3.8) is 0 Å². The van der Waals surface area contributed by atoms with Crippen molar-refractivity contribution in [2.75, 3.05) is 26.2 Å². The molecule has 1 amide bonds. The SMILES string of the molecule is C[C@@H](C(=O)O)N1CCN(C(=O)c2ccccc2C(F)(F)F)CC1. The first kappa shape index (κ1) is 17.3. The van der Waals surface area contributed by atoms with Gasteiger partial charge >= 0.3 is 12.1 Å². The van der Waals surface area contributed by atoms with Crippen molar-refractivity contribution < 1.29 is 27.9 Å². The Morgan fingerprint density at radius 3 is 2.22 bits per heavy atom. The van der Waals surface area contributed by atoms with Crippen LogP contribution in [0.2, 0.25) is 0 Å². The minimum atomic E-state index is -4.59. The third kappa shape index (κ3) is 3.82. The molecule has 126 valence electrons. The number of piperazine rings is 1. The molecule has 0 spiro atoms. The summed E-state index contributed by atoms with van der Waals surface area (Å²) in [5, 5.41) is 8.97. The molecule has 1 N–H and O–H groups in total. The maximum Gasteiger partial charge on any atom is 0.417 e. The Kier molecular flexibility index (Phi) is 4.93. The minimum Gasteiger partial charge on any atom is -0.480 e. The molecule has 1 aromatic rings. The van der Waals surface area contributed by atoms with E-state index in [0.717, 1.165) is 12.1 Å². The quantitative estimate of drug-likeness (QED) is 0.920. The van der Waals surface area contributed by atoms with Gasteiger partial charge in [-0.15, -0.1) is 0 Å². The number of halogens is 3. The molecule has 0 saturated carbocycles. The number of benzene rings is 1. The lowest BCUT2D eigenvalue weighted by molar-refractivity contribution is -0.143. The lowest BCUT2D eigenvalue weighted by atomic mass is 10.1. The van der Waals surface area contributed by atoms with Crippen molar-refractivity contribution in [2.45, 2.75) is 19.1 Å². The number of aliphatic carboxylic acids is 1. The van der Waals surface area contributed by atoms with Gasteiger partial charge in [-0.2, -0.15) is 13.2 Å². The van der Waals surface area contributed by atoms with E-state index in [-0.39, 0.29) is 18.7 Å². The van der Waals surface area contributed by atoms with Crippen LogP contribution in [0.4, 0.5) is 13.2 Å². The van der Waals surface area contributed by atoms with Crippen LogP contribution in [0.3, 0.4) is 0 Å². The van der Waals surface area contributed by atoms with Gasteiger partial charge in [0.15, 0.2) is 0 Å². The Morgan fingerprint density at radius 2 is 1.70 bits per heavy atom. The standard InChI is InChI=1S/C15H17F3N2O3/c1-10(14(22)23)19-6-8-20(9-7-19)13(21)11-4-2-3-5-12(11)15(16,17)18/h2-5,10H,6-9H2,1H3,(H,22,23)/t10-/m0/s1. The van der Waals surface area contributed by atoms with Gasteiger partial charge in [0.25, 0.3) is 5.91 Å². The first-order valence-electron chi connectivity index (χ1n) is 7.14. The molecule has 5 nitrogen and oxygen atoms in total. The van der Waals surface area contributed by atoms with Crippen LogP contribution < -0.4 is 0 Å². The predicted octanol–water partition coefficient (Wildman–Crippen LogP) is 1.94. The van der Waals surface area contributed by atoms with E-state index in [1.54, 1.807) is 11.8 Å². The van der Waals surface area contributed by atoms with Crippen molar-refractivity contribution in [1.82, 2.24) is 9.80 Å². The number of hydrogen-bond donors (Lipinski definition) is 1. The number of rotatable bonds is 3. The van der Waals surface area contributed by atoms with Crippen molar-refractivity contribution in [3.8, 4) is 0 Å². The van der Waals surface area contributed by atoms with Gasteiger partial charge in [0.2, 0.25) is 0 Å². The molecule has 1 fully saturated rings. The zero-order chi connectivity index (χ0) is 17.2. The fraction of sp³-hybridized carbons (Fsp3) is 0.467. The summed E-state index contributed by atoms with van der Waals surface area (Å²) in [4.78, 5) is 26.3. The van der Waals surface area contributed by atoms with E-state index < -0.39 is 29.7 Å². The summed E-state index contributed by atoms with van der Waals surface area (Å²) in [6, 6.07) is 4.00. The van der Waals surface area contributed by atoms with E-state index in [2.05, 4.69) is 0 Å². The molecule has 1 aliphatic heterocycles. The summed E-state index contributed by atoms with van der Waals surface area (Å²) in [7, 11) is 0. The Balaban J connectivity index is 2.11. The maximum absolute atomic E-state index is 13.0. The van der Waals surface area contributed by atoms with Crippen molar-refractivity contribution in [3.05, 3.63) is 35.4 Å². The Hall–Kier alpha value is -2.09. The van der Waals surface area contributed by atoms with E-state index in [9.17, 15) is 22.8 Å². The Bertz CT molecular complexity index is 596. The highest BCUT2D eigenvalue weighted by Crippen LogP contribution is 2.32. The van der Waals surface area contributed by atoms with Gasteiger partial charge in [0.1, 0.15) is 6.04 Å². The largest absolute Gasteiger partial charge is 0.480 e. The monoisotopic (exact) mass is 330 g/mol. The second-order valence-corrected chi connectivity index (χ2v) is 5.39. The summed E-state index contributed by atoms with van der Waals surface area (Å²) < 4.78 is 39.0. The molecule has 0 unspecified atom stereocenters. The average molecular weight is 330 g/mol. The van der Waals surface area contributed by atoms with E-state index in [0.29, 0.717) is 13.1 Å². The number of carboxylic acids is 1. The molecule has 0 aromatic heterocycles. The molecule has 8 heteroatoms. The van der Waals surface area contributed by atoms with E-state index in [1.165, 1.54) is 17.0 Å². The number of hydrogen-bond acceptors (Lipinski definition) is 3. The van der Waals surface area contributed by atoms with Gasteiger partial charge in [-0.25, -0.2) is 0 Å². The predicted molar refractivity (Wildman–Crippen MR) is 76.0 cm³/mol. The third-order valence-corrected chi connectivity index (χ3v) is 3.97. The highest BCUT2D eigenvalue weighted by Gasteiger charge is 2.36. The smallest absolute Gasteiger partial charge is 0.417 e. The fourth-order valence-corrected chi connectivity index (χ4v) is 2.56. The van der Waals surface area contributed by atoms with Gasteiger partial charge in [-0.1, -0.05) is 12.1 Å². The van der Waals surface area contributed by atoms with Crippen molar-refractivity contribution in [2.24, 2.45) is 0 Å². The molecule has 1 heterocycles. The number of alkyl halides is 3. The summed E-state index contributed by atoms with van der Waals surface area (Å²) in [6.45, 7) is 2.56. The van der Waals surface area contributed by atoms with Crippen LogP contribution in [-0.2, 0) is 11.0 Å². The van der Waals surface area contributed by atoms with E-state index >= 15 is 0 Å². The number of carbonyl (C=O) groups excluding carboxylic acids is 1. The number of carbonyl (C=O) groups is 2. The second kappa shape index (κ2) is 6.57. The van der Waals surface area contributed by atoms with Crippen molar-refractivity contribution >= 4 is 11.9 Å². The summed E-state index contributed by atoms with van der Waals surface area (Å²) in [5.74, 6) is -1.65. The van der Waals surface area contributed by atoms with Gasteiger partial charge < -0.3 is 10.0 Å². The highest BCUT2D eigenvalue weighted by molar-refractivity contribution is 5.96. The lowest BCUT2D eigenvalue weighted by Crippen LogP contribution is -2.53. The topological polar surface area (TPSA) is 60.9 Å². The van der Waals surface area contributed by atoms with Crippen LogP contribution in [0.1, 0.15) is 22.8 Å². The summed E-state index contributed by atoms with van der Waals surface area (Å²) in [6.07, 6.45) is -4.59. The first-order chi connectivity index (χ1) is 10.7. The zero-order valence-electron chi connectivity index (χ0n) is 12.5. The summed E-state index contributed by atoms with van der Waals surface area (Å²) >= 11 is 0. The average Bonchev–Trinajstić information content (AvgIpc) is 2.52. The second-order valence-electron chi connectivity index (χ2n) is 5.39.